The summed E-state index contributed by atoms with van der Waals surface area (Å²) in [4.78, 5) is 20.6. The van der Waals surface area contributed by atoms with Gasteiger partial charge in [-0.05, 0) is 53.1 Å². The van der Waals surface area contributed by atoms with Gasteiger partial charge in [0.25, 0.3) is 5.91 Å². The third-order valence-electron chi connectivity index (χ3n) is 5.13. The fraction of sp³-hybridized carbons (Fsp3) is 0.0800. The largest absolute Gasteiger partial charge is 0.380 e. The predicted octanol–water partition coefficient (Wildman–Crippen LogP) is 4.00. The van der Waals surface area contributed by atoms with Crippen LogP contribution in [0.15, 0.2) is 90.2 Å². The van der Waals surface area contributed by atoms with Gasteiger partial charge in [-0.15, -0.1) is 0 Å². The Morgan fingerprint density at radius 1 is 0.971 bits per heavy atom. The monoisotopic (exact) mass is 473 g/mol. The standard InChI is InChI=1S/C25H23N5O3S/c1-34(32,33)21-9-7-20(8-10-21)30-24-13-23(22(16-29-24)25(26)31)28-14-17-4-2-5-18(12-17)19-6-3-11-27-15-19/h2-13,15-16H,14H2,1H3,(H2,26,31)(H2,28,29,30). The van der Waals surface area contributed by atoms with E-state index in [9.17, 15) is 13.2 Å². The van der Waals surface area contributed by atoms with Crippen LogP contribution in [0, 0.1) is 0 Å². The second kappa shape index (κ2) is 9.72. The number of aromatic nitrogens is 2. The van der Waals surface area contributed by atoms with Crippen LogP contribution in [0.5, 0.6) is 0 Å². The summed E-state index contributed by atoms with van der Waals surface area (Å²) in [5, 5.41) is 6.38. The van der Waals surface area contributed by atoms with E-state index in [2.05, 4.69) is 26.7 Å². The Morgan fingerprint density at radius 2 is 1.74 bits per heavy atom. The number of nitrogens with one attached hydrogen (secondary N) is 2. The van der Waals surface area contributed by atoms with Crippen molar-refractivity contribution in [2.24, 2.45) is 5.73 Å². The summed E-state index contributed by atoms with van der Waals surface area (Å²) < 4.78 is 23.3. The van der Waals surface area contributed by atoms with Crippen LogP contribution in [0.3, 0.4) is 0 Å². The molecule has 34 heavy (non-hydrogen) atoms. The SMILES string of the molecule is CS(=O)(=O)c1ccc(Nc2cc(NCc3cccc(-c4cccnc4)c3)c(C(N)=O)cn2)cc1. The molecule has 9 heteroatoms. The topological polar surface area (TPSA) is 127 Å². The highest BCUT2D eigenvalue weighted by Gasteiger charge is 2.12. The molecule has 2 heterocycles. The van der Waals surface area contributed by atoms with Crippen LogP contribution in [0.2, 0.25) is 0 Å². The number of benzene rings is 2. The number of carbonyl (C=O) groups is 1. The summed E-state index contributed by atoms with van der Waals surface area (Å²) in [7, 11) is -3.28. The summed E-state index contributed by atoms with van der Waals surface area (Å²) in [5.41, 5.74) is 10.1. The molecule has 0 atom stereocenters. The van der Waals surface area contributed by atoms with Gasteiger partial charge in [-0.2, -0.15) is 0 Å². The quantitative estimate of drug-likeness (QED) is 0.353. The molecule has 8 nitrogen and oxygen atoms in total. The molecule has 2 aromatic carbocycles. The maximum atomic E-state index is 11.9. The van der Waals surface area contributed by atoms with E-state index in [0.717, 1.165) is 22.9 Å². The number of hydrogen-bond acceptors (Lipinski definition) is 7. The summed E-state index contributed by atoms with van der Waals surface area (Å²) in [5.74, 6) is -0.119. The highest BCUT2D eigenvalue weighted by Crippen LogP contribution is 2.24. The van der Waals surface area contributed by atoms with Gasteiger partial charge in [0.05, 0.1) is 16.1 Å². The van der Waals surface area contributed by atoms with Crippen molar-refractivity contribution in [3.8, 4) is 11.1 Å². The van der Waals surface area contributed by atoms with E-state index >= 15 is 0 Å². The first-order valence-electron chi connectivity index (χ1n) is 10.4. The average molecular weight is 474 g/mol. The molecule has 4 N–H and O–H groups in total. The van der Waals surface area contributed by atoms with Crippen LogP contribution in [0.25, 0.3) is 11.1 Å². The molecule has 0 fully saturated rings. The number of carbonyl (C=O) groups excluding carboxylic acids is 1. The molecule has 4 rings (SSSR count). The summed E-state index contributed by atoms with van der Waals surface area (Å²) in [6.07, 6.45) is 6.10. The van der Waals surface area contributed by atoms with Crippen molar-refractivity contribution in [2.75, 3.05) is 16.9 Å². The molecule has 0 spiro atoms. The zero-order chi connectivity index (χ0) is 24.1. The van der Waals surface area contributed by atoms with Crippen LogP contribution < -0.4 is 16.4 Å². The van der Waals surface area contributed by atoms with Gasteiger partial charge in [-0.1, -0.05) is 24.3 Å². The molecule has 0 saturated carbocycles. The minimum absolute atomic E-state index is 0.228. The van der Waals surface area contributed by atoms with Crippen molar-refractivity contribution in [1.29, 1.82) is 0 Å². The van der Waals surface area contributed by atoms with E-state index in [1.54, 1.807) is 30.6 Å². The van der Waals surface area contributed by atoms with E-state index in [1.807, 2.05) is 30.3 Å². The van der Waals surface area contributed by atoms with Crippen LogP contribution in [-0.2, 0) is 16.4 Å². The summed E-state index contributed by atoms with van der Waals surface area (Å²) in [6.45, 7) is 0.459. The first-order valence-corrected chi connectivity index (χ1v) is 12.3. The molecule has 0 unspecified atom stereocenters. The second-order valence-corrected chi connectivity index (χ2v) is 9.71. The Balaban J connectivity index is 1.53. The Bertz CT molecular complexity index is 1420. The number of nitrogens with two attached hydrogens (primary N) is 1. The first-order chi connectivity index (χ1) is 16.3. The van der Waals surface area contributed by atoms with Crippen molar-refractivity contribution >= 4 is 32.9 Å². The molecule has 0 aliphatic carbocycles. The highest BCUT2D eigenvalue weighted by molar-refractivity contribution is 7.90. The number of rotatable bonds is 8. The summed E-state index contributed by atoms with van der Waals surface area (Å²) >= 11 is 0. The smallest absolute Gasteiger partial charge is 0.252 e. The number of sulfone groups is 1. The number of nitrogens with zero attached hydrogens (tertiary/aromatic N) is 2. The van der Waals surface area contributed by atoms with Gasteiger partial charge in [-0.3, -0.25) is 9.78 Å². The lowest BCUT2D eigenvalue weighted by molar-refractivity contribution is 0.100. The lowest BCUT2D eigenvalue weighted by Crippen LogP contribution is -2.15. The Hall–Kier alpha value is -4.24. The molecule has 2 aromatic heterocycles. The zero-order valence-electron chi connectivity index (χ0n) is 18.4. The van der Waals surface area contributed by atoms with Gasteiger partial charge in [-0.25, -0.2) is 13.4 Å². The molecule has 1 amide bonds. The molecule has 0 saturated heterocycles. The van der Waals surface area contributed by atoms with Crippen molar-refractivity contribution < 1.29 is 13.2 Å². The average Bonchev–Trinajstić information content (AvgIpc) is 2.83. The zero-order valence-corrected chi connectivity index (χ0v) is 19.2. The van der Waals surface area contributed by atoms with Crippen molar-refractivity contribution in [2.45, 2.75) is 11.4 Å². The van der Waals surface area contributed by atoms with Gasteiger partial charge in [0.1, 0.15) is 5.82 Å². The van der Waals surface area contributed by atoms with Gasteiger partial charge in [0.15, 0.2) is 9.84 Å². The van der Waals surface area contributed by atoms with Crippen molar-refractivity contribution in [3.05, 3.63) is 96.4 Å². The molecule has 0 bridgehead atoms. The van der Waals surface area contributed by atoms with E-state index in [0.29, 0.717) is 23.7 Å². The van der Waals surface area contributed by atoms with Gasteiger partial charge in [0.2, 0.25) is 0 Å². The van der Waals surface area contributed by atoms with E-state index in [4.69, 9.17) is 5.73 Å². The van der Waals surface area contributed by atoms with Crippen LogP contribution in [0.4, 0.5) is 17.2 Å². The maximum absolute atomic E-state index is 11.9. The van der Waals surface area contributed by atoms with Gasteiger partial charge < -0.3 is 16.4 Å². The molecule has 0 radical (unpaired) electrons. The molecule has 4 aromatic rings. The lowest BCUT2D eigenvalue weighted by atomic mass is 10.0. The van der Waals surface area contributed by atoms with Gasteiger partial charge in [0, 0.05) is 43.1 Å². The van der Waals surface area contributed by atoms with E-state index < -0.39 is 15.7 Å². The third kappa shape index (κ3) is 5.57. The fourth-order valence-electron chi connectivity index (χ4n) is 3.39. The Morgan fingerprint density at radius 3 is 2.41 bits per heavy atom. The van der Waals surface area contributed by atoms with Crippen LogP contribution >= 0.6 is 0 Å². The maximum Gasteiger partial charge on any atom is 0.252 e. The van der Waals surface area contributed by atoms with Crippen molar-refractivity contribution in [1.82, 2.24) is 9.97 Å². The van der Waals surface area contributed by atoms with Crippen LogP contribution in [-0.4, -0.2) is 30.5 Å². The minimum Gasteiger partial charge on any atom is -0.380 e. The number of hydrogen-bond donors (Lipinski definition) is 3. The molecule has 0 aliphatic heterocycles. The number of amides is 1. The summed E-state index contributed by atoms with van der Waals surface area (Å²) in [6, 6.07) is 19.9. The molecular formula is C25H23N5O3S. The number of pyridine rings is 2. The van der Waals surface area contributed by atoms with E-state index in [-0.39, 0.29) is 10.5 Å². The fourth-order valence-corrected chi connectivity index (χ4v) is 4.02. The molecule has 0 aliphatic rings. The Kier molecular flexibility index (Phi) is 6.55. The Labute approximate surface area is 197 Å². The van der Waals surface area contributed by atoms with Crippen molar-refractivity contribution in [3.63, 3.8) is 0 Å². The third-order valence-corrected chi connectivity index (χ3v) is 6.26. The van der Waals surface area contributed by atoms with E-state index in [1.165, 1.54) is 18.3 Å². The molecular weight excluding hydrogens is 450 g/mol. The predicted molar refractivity (Wildman–Crippen MR) is 133 cm³/mol. The minimum atomic E-state index is -3.28. The number of primary amides is 1. The normalized spacial score (nSPS) is 11.1. The lowest BCUT2D eigenvalue weighted by Gasteiger charge is -2.13. The number of anilines is 3. The highest BCUT2D eigenvalue weighted by atomic mass is 32.2. The molecule has 172 valence electrons. The van der Waals surface area contributed by atoms with Crippen LogP contribution in [0.1, 0.15) is 15.9 Å². The first kappa shape index (κ1) is 22.9. The van der Waals surface area contributed by atoms with Gasteiger partial charge >= 0.3 is 0 Å². The second-order valence-electron chi connectivity index (χ2n) is 7.70.